The summed E-state index contributed by atoms with van der Waals surface area (Å²) in [5.41, 5.74) is 12.2. The van der Waals surface area contributed by atoms with Gasteiger partial charge in [0.2, 0.25) is 35.4 Å². The number of nitrogens with one attached hydrogen (secondary N) is 8. The lowest BCUT2D eigenvalue weighted by molar-refractivity contribution is -0.136. The number of amides is 6. The van der Waals surface area contributed by atoms with E-state index in [9.17, 15) is 38.7 Å². The maximum absolute atomic E-state index is 13.9. The molecule has 0 unspecified atom stereocenters. The minimum atomic E-state index is -1.42. The van der Waals surface area contributed by atoms with Gasteiger partial charge in [0.15, 0.2) is 0 Å². The van der Waals surface area contributed by atoms with Crippen LogP contribution in [0.25, 0.3) is 0 Å². The van der Waals surface area contributed by atoms with Crippen LogP contribution in [0.5, 0.6) is 0 Å². The van der Waals surface area contributed by atoms with E-state index < -0.39 is 72.4 Å². The van der Waals surface area contributed by atoms with Crippen molar-refractivity contribution in [3.63, 3.8) is 0 Å². The minimum absolute atomic E-state index is 0.0340. The van der Waals surface area contributed by atoms with Gasteiger partial charge < -0.3 is 63.9 Å². The van der Waals surface area contributed by atoms with Crippen LogP contribution in [0.15, 0.2) is 23.8 Å². The molecule has 6 amide bonds. The lowest BCUT2D eigenvalue weighted by Gasteiger charge is -2.28. The Morgan fingerprint density at radius 2 is 1.18 bits per heavy atom. The highest BCUT2D eigenvalue weighted by Crippen LogP contribution is 2.13. The first kappa shape index (κ1) is 49.1. The zero-order valence-electron chi connectivity index (χ0n) is 34.3. The number of carbonyl (C=O) groups is 7. The molecule has 18 nitrogen and oxygen atoms in total. The van der Waals surface area contributed by atoms with Crippen molar-refractivity contribution in [2.24, 2.45) is 35.1 Å². The summed E-state index contributed by atoms with van der Waals surface area (Å²) >= 11 is 0. The summed E-state index contributed by atoms with van der Waals surface area (Å²) in [4.78, 5) is 92.3. The molecule has 318 valence electrons. The molecule has 6 atom stereocenters. The van der Waals surface area contributed by atoms with Gasteiger partial charge in [-0.25, -0.2) is 0 Å². The lowest BCUT2D eigenvalue weighted by atomic mass is 9.99. The number of aliphatic hydroxyl groups is 1. The van der Waals surface area contributed by atoms with Gasteiger partial charge in [-0.2, -0.15) is 0 Å². The normalized spacial score (nSPS) is 16.0. The van der Waals surface area contributed by atoms with E-state index in [0.717, 1.165) is 6.20 Å². The second-order valence-corrected chi connectivity index (χ2v) is 16.0. The maximum Gasteiger partial charge on any atom is 0.245 e. The van der Waals surface area contributed by atoms with Gasteiger partial charge in [0.05, 0.1) is 19.3 Å². The van der Waals surface area contributed by atoms with Crippen LogP contribution in [0, 0.1) is 23.7 Å². The molecule has 0 fully saturated rings. The van der Waals surface area contributed by atoms with Crippen LogP contribution in [0.4, 0.5) is 0 Å². The third-order valence-electron chi connectivity index (χ3n) is 8.72. The fraction of sp³-hybridized carbons (Fsp3) is 0.711. The van der Waals surface area contributed by atoms with Crippen LogP contribution in [0.1, 0.15) is 100 Å². The number of hydrogen-bond donors (Lipinski definition) is 11. The van der Waals surface area contributed by atoms with E-state index in [2.05, 4.69) is 42.5 Å². The van der Waals surface area contributed by atoms with Crippen molar-refractivity contribution in [3.05, 3.63) is 23.8 Å². The number of hydrogen-bond acceptors (Lipinski definition) is 12. The van der Waals surface area contributed by atoms with Crippen LogP contribution in [-0.2, 0) is 33.6 Å². The van der Waals surface area contributed by atoms with Crippen molar-refractivity contribution >= 4 is 41.7 Å². The van der Waals surface area contributed by atoms with Crippen LogP contribution in [0.3, 0.4) is 0 Å². The molecule has 0 aliphatic carbocycles. The molecule has 1 heterocycles. The van der Waals surface area contributed by atoms with Crippen LogP contribution in [0.2, 0.25) is 0 Å². The second-order valence-electron chi connectivity index (χ2n) is 16.0. The zero-order chi connectivity index (χ0) is 42.5. The Hall–Kier alpha value is -4.87. The molecule has 0 spiro atoms. The molecule has 56 heavy (non-hydrogen) atoms. The molecule has 0 bridgehead atoms. The first-order valence-corrected chi connectivity index (χ1v) is 19.5. The van der Waals surface area contributed by atoms with E-state index in [1.54, 1.807) is 6.20 Å². The van der Waals surface area contributed by atoms with Crippen molar-refractivity contribution in [1.29, 1.82) is 0 Å². The van der Waals surface area contributed by atoms with Gasteiger partial charge in [0, 0.05) is 43.1 Å². The third-order valence-corrected chi connectivity index (χ3v) is 8.72. The van der Waals surface area contributed by atoms with Gasteiger partial charge in [0.25, 0.3) is 0 Å². The molecule has 0 aromatic rings. The highest BCUT2D eigenvalue weighted by molar-refractivity contribution is 5.96. The quantitative estimate of drug-likeness (QED) is 0.0480. The maximum atomic E-state index is 13.9. The predicted octanol–water partition coefficient (Wildman–Crippen LogP) is -0.808. The van der Waals surface area contributed by atoms with Crippen molar-refractivity contribution in [2.45, 2.75) is 137 Å². The fourth-order valence-corrected chi connectivity index (χ4v) is 5.78. The molecular weight excluding hydrogens is 724 g/mol. The fourth-order valence-electron chi connectivity index (χ4n) is 5.78. The lowest BCUT2D eigenvalue weighted by Crippen LogP contribution is -2.60. The van der Waals surface area contributed by atoms with Gasteiger partial charge >= 0.3 is 0 Å². The van der Waals surface area contributed by atoms with Crippen molar-refractivity contribution in [3.8, 4) is 0 Å². The predicted molar refractivity (Wildman–Crippen MR) is 212 cm³/mol. The van der Waals surface area contributed by atoms with E-state index in [0.29, 0.717) is 31.5 Å². The zero-order valence-corrected chi connectivity index (χ0v) is 34.3. The molecule has 0 aromatic carbocycles. The summed E-state index contributed by atoms with van der Waals surface area (Å²) in [7, 11) is 0. The van der Waals surface area contributed by atoms with Crippen LogP contribution in [-0.4, -0.2) is 96.4 Å². The Labute approximate surface area is 331 Å². The first-order chi connectivity index (χ1) is 26.3. The van der Waals surface area contributed by atoms with Crippen LogP contribution < -0.4 is 54.0 Å². The van der Waals surface area contributed by atoms with E-state index in [1.807, 2.05) is 55.4 Å². The standard InChI is InChI=1S/C38H68N10O8/c1-21(2)9-10-33(51)44-30(14-25(40)16-39)36(54)46-28(12-23(5)6)34(52)45-29(13-24(7)8)35(53)47-31(15-26-17-41-20-42-26)37(55)48-32(19-50)38(56)43-27(18-49)11-22(3)4/h16-18,21-24,27-32,41-42,50H,9-15,19-20,39-40H2,1-8H3,(H,43,56)(H,44,51)(H,45,52)(H,46,54)(H,47,53)(H,48,55)/b25-16-/t27-,28-,29-,30-,31-,32-/m0/s1. The Balaban J connectivity index is 3.30. The molecule has 0 aromatic heterocycles. The Morgan fingerprint density at radius 3 is 1.62 bits per heavy atom. The van der Waals surface area contributed by atoms with Gasteiger partial charge in [0.1, 0.15) is 36.5 Å². The second kappa shape index (κ2) is 25.3. The third kappa shape index (κ3) is 19.1. The summed E-state index contributed by atoms with van der Waals surface area (Å²) in [6.07, 6.45) is 4.71. The van der Waals surface area contributed by atoms with Gasteiger partial charge in [-0.15, -0.1) is 0 Å². The molecule has 0 saturated carbocycles. The highest BCUT2D eigenvalue weighted by Gasteiger charge is 2.34. The summed E-state index contributed by atoms with van der Waals surface area (Å²) in [5.74, 6) is -3.77. The van der Waals surface area contributed by atoms with Crippen molar-refractivity contribution < 1.29 is 38.7 Å². The monoisotopic (exact) mass is 793 g/mol. The molecule has 13 N–H and O–H groups in total. The Bertz CT molecular complexity index is 1380. The first-order valence-electron chi connectivity index (χ1n) is 19.5. The molecule has 1 aliphatic rings. The highest BCUT2D eigenvalue weighted by atomic mass is 16.3. The minimum Gasteiger partial charge on any atom is -0.403 e. The number of carbonyl (C=O) groups excluding carboxylic acids is 7. The van der Waals surface area contributed by atoms with E-state index in [4.69, 9.17) is 11.5 Å². The molecule has 0 saturated heterocycles. The van der Waals surface area contributed by atoms with Crippen molar-refractivity contribution in [2.75, 3.05) is 13.3 Å². The average molecular weight is 793 g/mol. The smallest absolute Gasteiger partial charge is 0.245 e. The summed E-state index contributed by atoms with van der Waals surface area (Å²) in [5, 5.41) is 31.9. The largest absolute Gasteiger partial charge is 0.403 e. The molecular formula is C38H68N10O8. The Morgan fingerprint density at radius 1 is 0.696 bits per heavy atom. The average Bonchev–Trinajstić information content (AvgIpc) is 3.63. The summed E-state index contributed by atoms with van der Waals surface area (Å²) < 4.78 is 0. The van der Waals surface area contributed by atoms with Crippen LogP contribution >= 0.6 is 0 Å². The topological polar surface area (TPSA) is 288 Å². The molecule has 1 aliphatic heterocycles. The number of nitrogens with two attached hydrogens (primary N) is 2. The van der Waals surface area contributed by atoms with E-state index in [-0.39, 0.29) is 67.4 Å². The number of aldehydes is 1. The summed E-state index contributed by atoms with van der Waals surface area (Å²) in [6.45, 7) is 14.7. The van der Waals surface area contributed by atoms with Gasteiger partial charge in [-0.05, 0) is 49.4 Å². The van der Waals surface area contributed by atoms with E-state index in [1.165, 1.54) is 0 Å². The molecule has 0 radical (unpaired) electrons. The number of aliphatic hydroxyl groups excluding tert-OH is 1. The van der Waals surface area contributed by atoms with Gasteiger partial charge in [-0.3, -0.25) is 28.8 Å². The SMILES string of the molecule is CC(C)CCC(=O)N[C@@H](C/C(N)=C/N)C(=O)N[C@@H](CC(C)C)C(=O)N[C@@H](CC(C)C)C(=O)N[C@@H](CC1=CNCN1)C(=O)N[C@@H](CO)C(=O)N[C@H](C=O)CC(C)C. The Kier molecular flexibility index (Phi) is 22.2. The molecule has 1 rings (SSSR count). The number of rotatable bonds is 26. The van der Waals surface area contributed by atoms with E-state index >= 15 is 0 Å². The molecule has 18 heteroatoms. The summed E-state index contributed by atoms with van der Waals surface area (Å²) in [6, 6.07) is -6.91. The van der Waals surface area contributed by atoms with Crippen molar-refractivity contribution in [1.82, 2.24) is 42.5 Å². The van der Waals surface area contributed by atoms with Gasteiger partial charge in [-0.1, -0.05) is 55.4 Å².